The van der Waals surface area contributed by atoms with E-state index in [1.54, 1.807) is 0 Å². The van der Waals surface area contributed by atoms with Crippen LogP contribution in [0.4, 0.5) is 0 Å². The third kappa shape index (κ3) is 6.42. The van der Waals surface area contributed by atoms with Gasteiger partial charge in [-0.05, 0) is 38.0 Å². The zero-order chi connectivity index (χ0) is 13.3. The highest BCUT2D eigenvalue weighted by Gasteiger charge is 2.29. The van der Waals surface area contributed by atoms with Crippen molar-refractivity contribution in [1.29, 1.82) is 0 Å². The van der Waals surface area contributed by atoms with Crippen LogP contribution in [0.15, 0.2) is 0 Å². The summed E-state index contributed by atoms with van der Waals surface area (Å²) in [7, 11) is 0. The molecular formula is C15H32O2. The molecule has 0 heterocycles. The molecule has 2 nitrogen and oxygen atoms in total. The van der Waals surface area contributed by atoms with Gasteiger partial charge in [-0.3, -0.25) is 0 Å². The number of aliphatic hydroxyl groups excluding tert-OH is 2. The van der Waals surface area contributed by atoms with Crippen molar-refractivity contribution in [3.8, 4) is 0 Å². The lowest BCUT2D eigenvalue weighted by atomic mass is 9.77. The van der Waals surface area contributed by atoms with E-state index in [2.05, 4.69) is 13.8 Å². The monoisotopic (exact) mass is 244 g/mol. The first-order chi connectivity index (χ1) is 8.08. The van der Waals surface area contributed by atoms with Gasteiger partial charge in [0.15, 0.2) is 0 Å². The van der Waals surface area contributed by atoms with Crippen molar-refractivity contribution in [2.75, 3.05) is 0 Å². The Kier molecular flexibility index (Phi) is 9.85. The van der Waals surface area contributed by atoms with E-state index in [4.69, 9.17) is 0 Å². The van der Waals surface area contributed by atoms with Crippen LogP contribution >= 0.6 is 0 Å². The highest BCUT2D eigenvalue weighted by atomic mass is 16.3. The molecule has 0 aliphatic carbocycles. The van der Waals surface area contributed by atoms with Crippen LogP contribution in [0.3, 0.4) is 0 Å². The molecule has 0 aromatic rings. The van der Waals surface area contributed by atoms with Crippen molar-refractivity contribution >= 4 is 0 Å². The number of unbranched alkanes of at least 4 members (excludes halogenated alkanes) is 2. The van der Waals surface area contributed by atoms with E-state index in [9.17, 15) is 10.2 Å². The first-order valence-corrected chi connectivity index (χ1v) is 7.44. The third-order valence-corrected chi connectivity index (χ3v) is 3.86. The van der Waals surface area contributed by atoms with Crippen LogP contribution in [0, 0.1) is 11.8 Å². The summed E-state index contributed by atoms with van der Waals surface area (Å²) < 4.78 is 0. The average molecular weight is 244 g/mol. The summed E-state index contributed by atoms with van der Waals surface area (Å²) >= 11 is 0. The SMILES string of the molecule is CCCCC(C(C)O)C(CCCC)C(O)CC. The van der Waals surface area contributed by atoms with E-state index in [0.717, 1.165) is 44.9 Å². The summed E-state index contributed by atoms with van der Waals surface area (Å²) in [6.07, 6.45) is 6.95. The predicted octanol–water partition coefficient (Wildman–Crippen LogP) is 3.75. The Hall–Kier alpha value is -0.0800. The molecule has 2 N–H and O–H groups in total. The summed E-state index contributed by atoms with van der Waals surface area (Å²) in [5, 5.41) is 20.1. The molecule has 0 amide bonds. The first kappa shape index (κ1) is 16.9. The standard InChI is InChI=1S/C15H32O2/c1-5-8-10-13(12(4)16)14(11-9-6-2)15(17)7-3/h12-17H,5-11H2,1-4H3. The molecule has 0 aliphatic rings. The molecule has 0 radical (unpaired) electrons. The minimum absolute atomic E-state index is 0.252. The molecule has 104 valence electrons. The number of hydrogen-bond donors (Lipinski definition) is 2. The second kappa shape index (κ2) is 9.90. The molecule has 17 heavy (non-hydrogen) atoms. The van der Waals surface area contributed by atoms with Crippen molar-refractivity contribution in [3.63, 3.8) is 0 Å². The molecule has 0 saturated heterocycles. The molecule has 0 fully saturated rings. The van der Waals surface area contributed by atoms with Gasteiger partial charge < -0.3 is 10.2 Å². The van der Waals surface area contributed by atoms with Crippen LogP contribution in [0.1, 0.15) is 72.6 Å². The summed E-state index contributed by atoms with van der Waals surface area (Å²) in [6, 6.07) is 0. The van der Waals surface area contributed by atoms with E-state index in [1.165, 1.54) is 0 Å². The maximum atomic E-state index is 10.2. The molecule has 2 heteroatoms. The molecule has 4 unspecified atom stereocenters. The quantitative estimate of drug-likeness (QED) is 0.614. The van der Waals surface area contributed by atoms with E-state index < -0.39 is 0 Å². The van der Waals surface area contributed by atoms with Gasteiger partial charge >= 0.3 is 0 Å². The lowest BCUT2D eigenvalue weighted by Crippen LogP contribution is -2.34. The van der Waals surface area contributed by atoms with Gasteiger partial charge in [-0.2, -0.15) is 0 Å². The van der Waals surface area contributed by atoms with Gasteiger partial charge in [0, 0.05) is 0 Å². The fraction of sp³-hybridized carbons (Fsp3) is 1.00. The first-order valence-electron chi connectivity index (χ1n) is 7.44. The largest absolute Gasteiger partial charge is 0.393 e. The van der Waals surface area contributed by atoms with Gasteiger partial charge in [-0.1, -0.05) is 46.5 Å². The molecule has 0 spiro atoms. The maximum Gasteiger partial charge on any atom is 0.0569 e. The number of hydrogen-bond acceptors (Lipinski definition) is 2. The van der Waals surface area contributed by atoms with E-state index in [-0.39, 0.29) is 24.0 Å². The van der Waals surface area contributed by atoms with E-state index in [0.29, 0.717) is 0 Å². The Morgan fingerprint density at radius 1 is 0.824 bits per heavy atom. The highest BCUT2D eigenvalue weighted by Crippen LogP contribution is 2.30. The minimum Gasteiger partial charge on any atom is -0.393 e. The number of aliphatic hydroxyl groups is 2. The lowest BCUT2D eigenvalue weighted by Gasteiger charge is -2.33. The van der Waals surface area contributed by atoms with Crippen molar-refractivity contribution in [3.05, 3.63) is 0 Å². The summed E-state index contributed by atoms with van der Waals surface area (Å²) in [4.78, 5) is 0. The fourth-order valence-corrected chi connectivity index (χ4v) is 2.69. The lowest BCUT2D eigenvalue weighted by molar-refractivity contribution is 0.00300. The van der Waals surface area contributed by atoms with Crippen molar-refractivity contribution in [1.82, 2.24) is 0 Å². The second-order valence-electron chi connectivity index (χ2n) is 5.33. The van der Waals surface area contributed by atoms with Gasteiger partial charge in [0.1, 0.15) is 0 Å². The maximum absolute atomic E-state index is 10.2. The Bertz CT molecular complexity index is 168. The van der Waals surface area contributed by atoms with Crippen LogP contribution in [0.5, 0.6) is 0 Å². The normalized spacial score (nSPS) is 18.7. The van der Waals surface area contributed by atoms with Gasteiger partial charge in [-0.15, -0.1) is 0 Å². The zero-order valence-electron chi connectivity index (χ0n) is 12.2. The van der Waals surface area contributed by atoms with Crippen molar-refractivity contribution < 1.29 is 10.2 Å². The Morgan fingerprint density at radius 2 is 1.29 bits per heavy atom. The topological polar surface area (TPSA) is 40.5 Å². The van der Waals surface area contributed by atoms with Crippen LogP contribution in [-0.2, 0) is 0 Å². The molecule has 0 bridgehead atoms. The smallest absolute Gasteiger partial charge is 0.0569 e. The van der Waals surface area contributed by atoms with Crippen LogP contribution in [-0.4, -0.2) is 22.4 Å². The Balaban J connectivity index is 4.54. The molecule has 0 aromatic heterocycles. The molecule has 0 saturated carbocycles. The summed E-state index contributed by atoms with van der Waals surface area (Å²) in [5.41, 5.74) is 0. The molecular weight excluding hydrogens is 212 g/mol. The second-order valence-corrected chi connectivity index (χ2v) is 5.33. The van der Waals surface area contributed by atoms with Crippen LogP contribution in [0.25, 0.3) is 0 Å². The van der Waals surface area contributed by atoms with E-state index in [1.807, 2.05) is 13.8 Å². The Labute approximate surface area is 107 Å². The summed E-state index contributed by atoms with van der Waals surface area (Å²) in [5.74, 6) is 0.531. The Morgan fingerprint density at radius 3 is 1.65 bits per heavy atom. The molecule has 0 rings (SSSR count). The van der Waals surface area contributed by atoms with Crippen LogP contribution in [0.2, 0.25) is 0 Å². The van der Waals surface area contributed by atoms with Gasteiger partial charge in [0.05, 0.1) is 12.2 Å². The molecule has 0 aromatic carbocycles. The zero-order valence-corrected chi connectivity index (χ0v) is 12.2. The molecule has 4 atom stereocenters. The predicted molar refractivity (Wildman–Crippen MR) is 74.0 cm³/mol. The highest BCUT2D eigenvalue weighted by molar-refractivity contribution is 4.79. The minimum atomic E-state index is -0.301. The van der Waals surface area contributed by atoms with Gasteiger partial charge in [-0.25, -0.2) is 0 Å². The van der Waals surface area contributed by atoms with Gasteiger partial charge in [0.25, 0.3) is 0 Å². The summed E-state index contributed by atoms with van der Waals surface area (Å²) in [6.45, 7) is 8.26. The number of rotatable bonds is 10. The fourth-order valence-electron chi connectivity index (χ4n) is 2.69. The average Bonchev–Trinajstić information content (AvgIpc) is 2.32. The van der Waals surface area contributed by atoms with Crippen molar-refractivity contribution in [2.24, 2.45) is 11.8 Å². The van der Waals surface area contributed by atoms with Crippen LogP contribution < -0.4 is 0 Å². The van der Waals surface area contributed by atoms with Gasteiger partial charge in [0.2, 0.25) is 0 Å². The van der Waals surface area contributed by atoms with E-state index >= 15 is 0 Å². The molecule has 0 aliphatic heterocycles. The third-order valence-electron chi connectivity index (χ3n) is 3.86. The van der Waals surface area contributed by atoms with Crippen molar-refractivity contribution in [2.45, 2.75) is 84.8 Å².